The molecule has 0 aliphatic carbocycles. The molecule has 0 saturated heterocycles. The molecule has 0 radical (unpaired) electrons. The van der Waals surface area contributed by atoms with Crippen LogP contribution in [0.4, 0.5) is 11.8 Å². The van der Waals surface area contributed by atoms with E-state index in [1.807, 2.05) is 0 Å². The Bertz CT molecular complexity index is 741. The van der Waals surface area contributed by atoms with E-state index in [-0.39, 0.29) is 12.6 Å². The van der Waals surface area contributed by atoms with E-state index in [1.54, 1.807) is 18.3 Å². The number of rotatable bonds is 7. The van der Waals surface area contributed by atoms with Gasteiger partial charge in [0.1, 0.15) is 5.82 Å². The molecule has 0 amide bonds. The van der Waals surface area contributed by atoms with Gasteiger partial charge in [-0.3, -0.25) is 0 Å². The number of carbonyl (C=O) groups is 1. The molecule has 0 atom stereocenters. The zero-order valence-electron chi connectivity index (χ0n) is 14.2. The first-order chi connectivity index (χ1) is 12.0. The number of ether oxygens (including phenoxy) is 4. The average molecular weight is 348 g/mol. The predicted octanol–water partition coefficient (Wildman–Crippen LogP) is 0.801. The maximum atomic E-state index is 11.3. The Kier molecular flexibility index (Phi) is 5.83. The highest BCUT2D eigenvalue weighted by Crippen LogP contribution is 2.39. The lowest BCUT2D eigenvalue weighted by Gasteiger charge is -2.16. The van der Waals surface area contributed by atoms with Gasteiger partial charge in [0.15, 0.2) is 18.1 Å². The number of esters is 1. The molecule has 9 heteroatoms. The lowest BCUT2D eigenvalue weighted by Crippen LogP contribution is -2.13. The fourth-order valence-electron chi connectivity index (χ4n) is 2.16. The van der Waals surface area contributed by atoms with E-state index in [0.717, 1.165) is 5.56 Å². The van der Waals surface area contributed by atoms with Crippen molar-refractivity contribution in [1.29, 1.82) is 0 Å². The molecule has 1 aromatic carbocycles. The summed E-state index contributed by atoms with van der Waals surface area (Å²) in [5.41, 5.74) is 12.9. The topological polar surface area (TPSA) is 132 Å². The summed E-state index contributed by atoms with van der Waals surface area (Å²) in [6.45, 7) is -0.263. The van der Waals surface area contributed by atoms with Crippen molar-refractivity contribution in [3.8, 4) is 17.2 Å². The summed E-state index contributed by atoms with van der Waals surface area (Å²) < 4.78 is 20.7. The quantitative estimate of drug-likeness (QED) is 0.697. The van der Waals surface area contributed by atoms with Gasteiger partial charge >= 0.3 is 5.97 Å². The minimum atomic E-state index is -0.514. The van der Waals surface area contributed by atoms with Crippen LogP contribution in [0.3, 0.4) is 0 Å². The summed E-state index contributed by atoms with van der Waals surface area (Å²) in [6, 6.07) is 3.51. The second-order valence-electron chi connectivity index (χ2n) is 5.01. The van der Waals surface area contributed by atoms with E-state index in [1.165, 1.54) is 21.3 Å². The van der Waals surface area contributed by atoms with Gasteiger partial charge in [-0.2, -0.15) is 4.98 Å². The number of methoxy groups -OCH3 is 3. The number of anilines is 2. The van der Waals surface area contributed by atoms with Gasteiger partial charge < -0.3 is 30.4 Å². The molecule has 0 spiro atoms. The number of hydrogen-bond acceptors (Lipinski definition) is 9. The minimum absolute atomic E-state index is 0.114. The van der Waals surface area contributed by atoms with Crippen LogP contribution in [0, 0.1) is 0 Å². The fourth-order valence-corrected chi connectivity index (χ4v) is 2.16. The molecule has 25 heavy (non-hydrogen) atoms. The van der Waals surface area contributed by atoms with Crippen LogP contribution < -0.4 is 25.7 Å². The van der Waals surface area contributed by atoms with Gasteiger partial charge in [-0.25, -0.2) is 9.78 Å². The van der Waals surface area contributed by atoms with E-state index in [9.17, 15) is 4.79 Å². The van der Waals surface area contributed by atoms with E-state index in [4.69, 9.17) is 25.7 Å². The summed E-state index contributed by atoms with van der Waals surface area (Å²) in [4.78, 5) is 19.2. The van der Waals surface area contributed by atoms with Crippen LogP contribution in [0.1, 0.15) is 11.1 Å². The molecule has 0 fully saturated rings. The van der Waals surface area contributed by atoms with Gasteiger partial charge in [0.25, 0.3) is 0 Å². The van der Waals surface area contributed by atoms with Crippen molar-refractivity contribution in [2.45, 2.75) is 6.42 Å². The maximum Gasteiger partial charge on any atom is 0.343 e. The lowest BCUT2D eigenvalue weighted by molar-refractivity contribution is -0.142. The Labute approximate surface area is 144 Å². The van der Waals surface area contributed by atoms with Crippen LogP contribution in [-0.2, 0) is 16.0 Å². The number of carbonyl (C=O) groups excluding carboxylic acids is 1. The molecule has 4 N–H and O–H groups in total. The minimum Gasteiger partial charge on any atom is -0.493 e. The third-order valence-electron chi connectivity index (χ3n) is 3.39. The monoisotopic (exact) mass is 348 g/mol. The summed E-state index contributed by atoms with van der Waals surface area (Å²) in [7, 11) is 4.26. The zero-order chi connectivity index (χ0) is 18.4. The Morgan fingerprint density at radius 3 is 2.28 bits per heavy atom. The Morgan fingerprint density at radius 2 is 1.76 bits per heavy atom. The smallest absolute Gasteiger partial charge is 0.343 e. The zero-order valence-corrected chi connectivity index (χ0v) is 14.2. The van der Waals surface area contributed by atoms with Crippen LogP contribution in [0.15, 0.2) is 18.3 Å². The third-order valence-corrected chi connectivity index (χ3v) is 3.39. The largest absolute Gasteiger partial charge is 0.493 e. The molecular weight excluding hydrogens is 328 g/mol. The van der Waals surface area contributed by atoms with Crippen molar-refractivity contribution in [3.63, 3.8) is 0 Å². The number of nitrogens with two attached hydrogens (primary N) is 2. The molecule has 0 saturated carbocycles. The van der Waals surface area contributed by atoms with Crippen LogP contribution >= 0.6 is 0 Å². The predicted molar refractivity (Wildman–Crippen MR) is 90.7 cm³/mol. The molecule has 0 aliphatic heterocycles. The molecule has 2 rings (SSSR count). The highest BCUT2D eigenvalue weighted by atomic mass is 16.6. The Hall–Kier alpha value is -3.23. The molecular formula is C16H20N4O5. The van der Waals surface area contributed by atoms with E-state index >= 15 is 0 Å². The van der Waals surface area contributed by atoms with Crippen LogP contribution in [0.25, 0.3) is 0 Å². The van der Waals surface area contributed by atoms with Crippen molar-refractivity contribution in [1.82, 2.24) is 9.97 Å². The summed E-state index contributed by atoms with van der Waals surface area (Å²) >= 11 is 0. The Morgan fingerprint density at radius 1 is 1.12 bits per heavy atom. The van der Waals surface area contributed by atoms with Gasteiger partial charge in [-0.1, -0.05) is 0 Å². The van der Waals surface area contributed by atoms with Crippen molar-refractivity contribution in [2.75, 3.05) is 39.4 Å². The Balaban J connectivity index is 2.32. The molecule has 0 bridgehead atoms. The first kappa shape index (κ1) is 18.1. The molecule has 0 unspecified atom stereocenters. The van der Waals surface area contributed by atoms with Gasteiger partial charge in [0.2, 0.25) is 11.7 Å². The standard InChI is InChI=1S/C16H20N4O5/c1-22-11-5-9(4-10-7-19-16(18)20-15(10)17)6-12(23-2)14(11)25-8-13(21)24-3/h5-7H,4,8H2,1-3H3,(H4,17,18,19,20). The summed E-state index contributed by atoms with van der Waals surface area (Å²) in [5.74, 6) is 1.03. The molecule has 0 aliphatic rings. The molecule has 9 nitrogen and oxygen atoms in total. The number of benzene rings is 1. The van der Waals surface area contributed by atoms with Crippen molar-refractivity contribution in [2.24, 2.45) is 0 Å². The highest BCUT2D eigenvalue weighted by Gasteiger charge is 2.17. The lowest BCUT2D eigenvalue weighted by atomic mass is 10.1. The highest BCUT2D eigenvalue weighted by molar-refractivity contribution is 5.71. The second-order valence-corrected chi connectivity index (χ2v) is 5.01. The molecule has 1 aromatic heterocycles. The molecule has 1 heterocycles. The van der Waals surface area contributed by atoms with Crippen molar-refractivity contribution in [3.05, 3.63) is 29.5 Å². The van der Waals surface area contributed by atoms with E-state index < -0.39 is 5.97 Å². The number of hydrogen-bond donors (Lipinski definition) is 2. The third kappa shape index (κ3) is 4.40. The average Bonchev–Trinajstić information content (AvgIpc) is 2.61. The van der Waals surface area contributed by atoms with Crippen LogP contribution in [0.2, 0.25) is 0 Å². The van der Waals surface area contributed by atoms with Crippen molar-refractivity contribution < 1.29 is 23.7 Å². The van der Waals surface area contributed by atoms with Crippen LogP contribution in [-0.4, -0.2) is 43.9 Å². The van der Waals surface area contributed by atoms with E-state index in [0.29, 0.717) is 35.1 Å². The number of nitrogen functional groups attached to an aromatic ring is 2. The summed E-state index contributed by atoms with van der Waals surface area (Å²) in [6.07, 6.45) is 2.01. The normalized spacial score (nSPS) is 10.2. The first-order valence-electron chi connectivity index (χ1n) is 7.29. The second kappa shape index (κ2) is 8.04. The van der Waals surface area contributed by atoms with Gasteiger partial charge in [0, 0.05) is 18.2 Å². The van der Waals surface area contributed by atoms with Gasteiger partial charge in [-0.15, -0.1) is 0 Å². The fraction of sp³-hybridized carbons (Fsp3) is 0.312. The van der Waals surface area contributed by atoms with Crippen LogP contribution in [0.5, 0.6) is 17.2 Å². The number of aromatic nitrogens is 2. The van der Waals surface area contributed by atoms with Gasteiger partial charge in [-0.05, 0) is 17.7 Å². The van der Waals surface area contributed by atoms with Gasteiger partial charge in [0.05, 0.1) is 21.3 Å². The maximum absolute atomic E-state index is 11.3. The van der Waals surface area contributed by atoms with E-state index in [2.05, 4.69) is 14.7 Å². The first-order valence-corrected chi connectivity index (χ1v) is 7.29. The molecule has 2 aromatic rings. The number of nitrogens with zero attached hydrogens (tertiary/aromatic N) is 2. The van der Waals surface area contributed by atoms with Crippen molar-refractivity contribution >= 4 is 17.7 Å². The summed E-state index contributed by atoms with van der Waals surface area (Å²) in [5, 5.41) is 0. The molecule has 134 valence electrons. The SMILES string of the molecule is COC(=O)COc1c(OC)cc(Cc2cnc(N)nc2N)cc1OC.